The zero-order valence-electron chi connectivity index (χ0n) is 9.10. The van der Waals surface area contributed by atoms with Crippen LogP contribution in [0.2, 0.25) is 0 Å². The van der Waals surface area contributed by atoms with Crippen molar-refractivity contribution in [3.63, 3.8) is 0 Å². The van der Waals surface area contributed by atoms with Crippen LogP contribution in [0.3, 0.4) is 0 Å². The van der Waals surface area contributed by atoms with Gasteiger partial charge in [0.1, 0.15) is 0 Å². The van der Waals surface area contributed by atoms with Crippen molar-refractivity contribution in [1.29, 1.82) is 0 Å². The van der Waals surface area contributed by atoms with Crippen molar-refractivity contribution < 1.29 is 4.74 Å². The van der Waals surface area contributed by atoms with E-state index in [-0.39, 0.29) is 0 Å². The van der Waals surface area contributed by atoms with E-state index in [1.165, 1.54) is 37.7 Å². The first-order valence-electron chi connectivity index (χ1n) is 5.66. The van der Waals surface area contributed by atoms with Crippen molar-refractivity contribution in [3.05, 3.63) is 11.6 Å². The predicted octanol–water partition coefficient (Wildman–Crippen LogP) is 4.07. The number of halogens is 1. The average molecular weight is 261 g/mol. The van der Waals surface area contributed by atoms with E-state index in [0.29, 0.717) is 6.10 Å². The fourth-order valence-electron chi connectivity index (χ4n) is 1.88. The zero-order chi connectivity index (χ0) is 10.2. The Hall–Kier alpha value is 0.180. The lowest BCUT2D eigenvalue weighted by atomic mass is 10.1. The summed E-state index contributed by atoms with van der Waals surface area (Å²) in [6, 6.07) is 0. The van der Waals surface area contributed by atoms with Gasteiger partial charge in [0.2, 0.25) is 0 Å². The summed E-state index contributed by atoms with van der Waals surface area (Å²) in [5.74, 6) is 0. The molecule has 1 fully saturated rings. The van der Waals surface area contributed by atoms with Crippen LogP contribution in [-0.2, 0) is 4.74 Å². The fraction of sp³-hybridized carbons (Fsp3) is 0.833. The maximum Gasteiger partial charge on any atom is 0.0576 e. The molecule has 1 nitrogen and oxygen atoms in total. The maximum absolute atomic E-state index is 5.59. The first-order chi connectivity index (χ1) is 6.83. The first-order valence-corrected chi connectivity index (χ1v) is 6.78. The van der Waals surface area contributed by atoms with Gasteiger partial charge in [-0.3, -0.25) is 0 Å². The molecule has 1 saturated heterocycles. The lowest BCUT2D eigenvalue weighted by Gasteiger charge is -2.08. The highest BCUT2D eigenvalue weighted by atomic mass is 79.9. The predicted molar refractivity (Wildman–Crippen MR) is 65.0 cm³/mol. The van der Waals surface area contributed by atoms with Crippen molar-refractivity contribution in [3.8, 4) is 0 Å². The van der Waals surface area contributed by atoms with Gasteiger partial charge in [-0.25, -0.2) is 0 Å². The molecule has 0 radical (unpaired) electrons. The highest BCUT2D eigenvalue weighted by Gasteiger charge is 2.14. The van der Waals surface area contributed by atoms with Gasteiger partial charge >= 0.3 is 0 Å². The second-order valence-electron chi connectivity index (χ2n) is 4.06. The van der Waals surface area contributed by atoms with E-state index >= 15 is 0 Å². The molecule has 2 heteroatoms. The maximum atomic E-state index is 5.59. The van der Waals surface area contributed by atoms with Gasteiger partial charge in [-0.15, -0.1) is 0 Å². The van der Waals surface area contributed by atoms with Crippen LogP contribution in [-0.4, -0.2) is 18.0 Å². The fourth-order valence-corrected chi connectivity index (χ4v) is 2.11. The zero-order valence-corrected chi connectivity index (χ0v) is 10.7. The molecule has 1 aliphatic rings. The molecule has 0 spiro atoms. The number of rotatable bonds is 6. The van der Waals surface area contributed by atoms with Gasteiger partial charge in [0.05, 0.1) is 6.10 Å². The first kappa shape index (κ1) is 12.3. The Balaban J connectivity index is 2.02. The molecule has 0 aromatic heterocycles. The topological polar surface area (TPSA) is 9.23 Å². The summed E-state index contributed by atoms with van der Waals surface area (Å²) in [7, 11) is 0. The molecule has 0 aliphatic carbocycles. The molecular formula is C12H21BrO. The van der Waals surface area contributed by atoms with E-state index in [1.807, 2.05) is 0 Å². The Labute approximate surface area is 96.0 Å². The summed E-state index contributed by atoms with van der Waals surface area (Å²) in [6.07, 6.45) is 10.4. The molecule has 0 amide bonds. The van der Waals surface area contributed by atoms with Crippen LogP contribution in [0, 0.1) is 0 Å². The Bertz CT molecular complexity index is 171. The van der Waals surface area contributed by atoms with Crippen molar-refractivity contribution in [1.82, 2.24) is 0 Å². The average Bonchev–Trinajstić information content (AvgIpc) is 2.67. The second-order valence-corrected chi connectivity index (χ2v) is 4.85. The van der Waals surface area contributed by atoms with Crippen LogP contribution >= 0.6 is 15.9 Å². The highest BCUT2D eigenvalue weighted by molar-refractivity contribution is 9.09. The van der Waals surface area contributed by atoms with Crippen LogP contribution in [0.25, 0.3) is 0 Å². The van der Waals surface area contributed by atoms with Gasteiger partial charge in [-0.1, -0.05) is 27.6 Å². The van der Waals surface area contributed by atoms with Crippen LogP contribution in [0.1, 0.15) is 45.4 Å². The van der Waals surface area contributed by atoms with Crippen LogP contribution in [0.15, 0.2) is 11.6 Å². The highest BCUT2D eigenvalue weighted by Crippen LogP contribution is 2.19. The molecule has 1 rings (SSSR count). The minimum absolute atomic E-state index is 0.568. The summed E-state index contributed by atoms with van der Waals surface area (Å²) in [6.45, 7) is 3.22. The van der Waals surface area contributed by atoms with Crippen LogP contribution in [0.4, 0.5) is 0 Å². The summed E-state index contributed by atoms with van der Waals surface area (Å²) in [5.41, 5.74) is 1.53. The Morgan fingerprint density at radius 1 is 1.57 bits per heavy atom. The molecule has 1 heterocycles. The minimum Gasteiger partial charge on any atom is -0.378 e. The summed E-state index contributed by atoms with van der Waals surface area (Å²) in [5, 5.41) is 1.08. The molecule has 1 atom stereocenters. The van der Waals surface area contributed by atoms with Gasteiger partial charge in [-0.2, -0.15) is 0 Å². The summed E-state index contributed by atoms with van der Waals surface area (Å²) < 4.78 is 5.59. The van der Waals surface area contributed by atoms with Gasteiger partial charge in [-0.05, 0) is 45.4 Å². The number of hydrogen-bond acceptors (Lipinski definition) is 1. The molecule has 82 valence electrons. The quantitative estimate of drug-likeness (QED) is 0.517. The molecule has 1 unspecified atom stereocenters. The van der Waals surface area contributed by atoms with Gasteiger partial charge in [0.25, 0.3) is 0 Å². The largest absolute Gasteiger partial charge is 0.378 e. The molecule has 0 aromatic carbocycles. The third kappa shape index (κ3) is 5.16. The van der Waals surface area contributed by atoms with Crippen LogP contribution < -0.4 is 0 Å². The molecule has 0 aromatic rings. The van der Waals surface area contributed by atoms with Crippen LogP contribution in [0.5, 0.6) is 0 Å². The number of hydrogen-bond donors (Lipinski definition) is 0. The lowest BCUT2D eigenvalue weighted by Crippen LogP contribution is -2.03. The number of alkyl halides is 1. The normalized spacial score (nSPS) is 23.0. The Morgan fingerprint density at radius 3 is 3.07 bits per heavy atom. The molecule has 0 N–H and O–H groups in total. The number of allylic oxidation sites excluding steroid dienone is 2. The number of ether oxygens (including phenoxy) is 1. The second kappa shape index (κ2) is 7.47. The third-order valence-corrected chi connectivity index (χ3v) is 3.18. The van der Waals surface area contributed by atoms with E-state index in [0.717, 1.165) is 18.4 Å². The van der Waals surface area contributed by atoms with E-state index in [4.69, 9.17) is 4.74 Å². The van der Waals surface area contributed by atoms with Gasteiger partial charge < -0.3 is 4.74 Å². The Morgan fingerprint density at radius 2 is 2.43 bits per heavy atom. The van der Waals surface area contributed by atoms with E-state index in [1.54, 1.807) is 0 Å². The SMILES string of the molecule is CC(=CCCBr)CCCC1CCCO1. The molecule has 14 heavy (non-hydrogen) atoms. The van der Waals surface area contributed by atoms with E-state index in [9.17, 15) is 0 Å². The standard InChI is InChI=1S/C12H21BrO/c1-11(6-3-9-13)5-2-7-12-8-4-10-14-12/h6,12H,2-5,7-10H2,1H3. The van der Waals surface area contributed by atoms with E-state index < -0.39 is 0 Å². The Kier molecular flexibility index (Phi) is 6.54. The van der Waals surface area contributed by atoms with Crippen molar-refractivity contribution in [2.24, 2.45) is 0 Å². The monoisotopic (exact) mass is 260 g/mol. The lowest BCUT2D eigenvalue weighted by molar-refractivity contribution is 0.102. The van der Waals surface area contributed by atoms with Crippen molar-refractivity contribution in [2.45, 2.75) is 51.6 Å². The molecular weight excluding hydrogens is 240 g/mol. The van der Waals surface area contributed by atoms with Crippen molar-refractivity contribution in [2.75, 3.05) is 11.9 Å². The molecule has 0 bridgehead atoms. The third-order valence-electron chi connectivity index (χ3n) is 2.72. The smallest absolute Gasteiger partial charge is 0.0576 e. The van der Waals surface area contributed by atoms with Crippen molar-refractivity contribution >= 4 is 15.9 Å². The summed E-state index contributed by atoms with van der Waals surface area (Å²) in [4.78, 5) is 0. The minimum atomic E-state index is 0.568. The van der Waals surface area contributed by atoms with Gasteiger partial charge in [0, 0.05) is 11.9 Å². The van der Waals surface area contributed by atoms with E-state index in [2.05, 4.69) is 28.9 Å². The summed E-state index contributed by atoms with van der Waals surface area (Å²) >= 11 is 3.44. The molecule has 1 aliphatic heterocycles. The molecule has 0 saturated carbocycles. The van der Waals surface area contributed by atoms with Gasteiger partial charge in [0.15, 0.2) is 0 Å².